The van der Waals surface area contributed by atoms with Crippen LogP contribution in [0.2, 0.25) is 0 Å². The molecular formula is C28H35F. The highest BCUT2D eigenvalue weighted by molar-refractivity contribution is 5.38. The van der Waals surface area contributed by atoms with Crippen molar-refractivity contribution in [3.05, 3.63) is 70.5 Å². The maximum Gasteiger partial charge on any atom is 0.139 e. The average Bonchev–Trinajstić information content (AvgIpc) is 2.75. The molecule has 29 heavy (non-hydrogen) atoms. The summed E-state index contributed by atoms with van der Waals surface area (Å²) in [5, 5.41) is 0. The minimum atomic E-state index is -0.160. The molecule has 0 atom stereocenters. The van der Waals surface area contributed by atoms with Crippen LogP contribution in [-0.2, 0) is 12.8 Å². The molecule has 0 unspecified atom stereocenters. The van der Waals surface area contributed by atoms with Crippen LogP contribution in [0.4, 0.5) is 4.39 Å². The number of unbranched alkanes of at least 4 members (excludes halogenated alkanes) is 2. The summed E-state index contributed by atoms with van der Waals surface area (Å²) in [7, 11) is 0. The molecule has 0 radical (unpaired) electrons. The first-order chi connectivity index (χ1) is 14.2. The lowest BCUT2D eigenvalue weighted by Gasteiger charge is -2.26. The van der Waals surface area contributed by atoms with E-state index in [1.807, 2.05) is 12.1 Å². The van der Waals surface area contributed by atoms with E-state index in [-0.39, 0.29) is 5.82 Å². The number of hydrogen-bond acceptors (Lipinski definition) is 0. The fourth-order valence-corrected chi connectivity index (χ4v) is 4.39. The number of halogens is 1. The van der Waals surface area contributed by atoms with E-state index in [0.717, 1.165) is 31.2 Å². The van der Waals surface area contributed by atoms with E-state index < -0.39 is 0 Å². The lowest BCUT2D eigenvalue weighted by atomic mass is 9.78. The molecule has 1 aliphatic carbocycles. The zero-order valence-electron chi connectivity index (χ0n) is 18.1. The predicted octanol–water partition coefficient (Wildman–Crippen LogP) is 7.84. The molecular weight excluding hydrogens is 355 g/mol. The molecule has 0 aromatic heterocycles. The van der Waals surface area contributed by atoms with Gasteiger partial charge in [-0.3, -0.25) is 0 Å². The van der Waals surface area contributed by atoms with Gasteiger partial charge >= 0.3 is 0 Å². The van der Waals surface area contributed by atoms with Crippen molar-refractivity contribution >= 4 is 0 Å². The van der Waals surface area contributed by atoms with Gasteiger partial charge in [0.2, 0.25) is 0 Å². The van der Waals surface area contributed by atoms with Crippen LogP contribution >= 0.6 is 0 Å². The van der Waals surface area contributed by atoms with Gasteiger partial charge in [0.1, 0.15) is 5.82 Å². The Bertz CT molecular complexity index is 814. The van der Waals surface area contributed by atoms with Crippen molar-refractivity contribution in [3.63, 3.8) is 0 Å². The first-order valence-corrected chi connectivity index (χ1v) is 11.6. The summed E-state index contributed by atoms with van der Waals surface area (Å²) in [6.07, 6.45) is 11.5. The predicted molar refractivity (Wildman–Crippen MR) is 122 cm³/mol. The molecule has 0 amide bonds. The Morgan fingerprint density at radius 1 is 0.828 bits per heavy atom. The normalized spacial score (nSPS) is 18.9. The molecule has 2 aromatic rings. The van der Waals surface area contributed by atoms with Crippen LogP contribution < -0.4 is 0 Å². The molecule has 0 saturated heterocycles. The fourth-order valence-electron chi connectivity index (χ4n) is 4.39. The van der Waals surface area contributed by atoms with E-state index in [4.69, 9.17) is 0 Å². The molecule has 0 heterocycles. The van der Waals surface area contributed by atoms with Crippen LogP contribution in [0.25, 0.3) is 0 Å². The monoisotopic (exact) mass is 390 g/mol. The highest BCUT2D eigenvalue weighted by atomic mass is 19.1. The minimum Gasteiger partial charge on any atom is -0.206 e. The van der Waals surface area contributed by atoms with Gasteiger partial charge in [-0.15, -0.1) is 0 Å². The fraction of sp³-hybridized carbons (Fsp3) is 0.500. The highest BCUT2D eigenvalue weighted by Crippen LogP contribution is 2.35. The van der Waals surface area contributed by atoms with Gasteiger partial charge in [0.05, 0.1) is 5.56 Å². The topological polar surface area (TPSA) is 0 Å². The van der Waals surface area contributed by atoms with Gasteiger partial charge in [-0.25, -0.2) is 4.39 Å². The third-order valence-corrected chi connectivity index (χ3v) is 6.23. The summed E-state index contributed by atoms with van der Waals surface area (Å²) < 4.78 is 14.4. The summed E-state index contributed by atoms with van der Waals surface area (Å²) in [6, 6.07) is 14.8. The maximum atomic E-state index is 14.4. The Morgan fingerprint density at radius 3 is 2.21 bits per heavy atom. The molecule has 1 heteroatoms. The van der Waals surface area contributed by atoms with Crippen molar-refractivity contribution in [1.82, 2.24) is 0 Å². The molecule has 0 N–H and O–H groups in total. The van der Waals surface area contributed by atoms with Crippen LogP contribution in [0, 0.1) is 23.6 Å². The van der Waals surface area contributed by atoms with Crippen molar-refractivity contribution < 1.29 is 4.39 Å². The molecule has 1 aliphatic rings. The Kier molecular flexibility index (Phi) is 8.36. The minimum absolute atomic E-state index is 0.160. The first-order valence-electron chi connectivity index (χ1n) is 11.6. The Morgan fingerprint density at radius 2 is 1.55 bits per heavy atom. The summed E-state index contributed by atoms with van der Waals surface area (Å²) in [5.74, 6) is 7.38. The average molecular weight is 391 g/mol. The standard InChI is InChI=1S/C28H35F/c1-3-5-6-8-24-14-20-27(28(29)21-24)19-13-23-11-17-26(18-12-23)25-15-9-22(7-4-2)10-16-25/h9-10,14-16,20-21,23,26H,3-8,11-12,17-18H2,1-2H3. The maximum absolute atomic E-state index is 14.4. The Hall–Kier alpha value is -2.07. The second-order valence-corrected chi connectivity index (χ2v) is 8.58. The van der Waals surface area contributed by atoms with Crippen LogP contribution in [0.15, 0.2) is 42.5 Å². The number of benzene rings is 2. The quantitative estimate of drug-likeness (QED) is 0.334. The van der Waals surface area contributed by atoms with Crippen molar-refractivity contribution in [2.45, 2.75) is 84.0 Å². The van der Waals surface area contributed by atoms with Crippen molar-refractivity contribution in [2.24, 2.45) is 5.92 Å². The molecule has 0 spiro atoms. The van der Waals surface area contributed by atoms with Gasteiger partial charge in [0, 0.05) is 5.92 Å². The molecule has 1 saturated carbocycles. The van der Waals surface area contributed by atoms with Gasteiger partial charge in [-0.1, -0.05) is 75.3 Å². The van der Waals surface area contributed by atoms with Gasteiger partial charge in [-0.2, -0.15) is 0 Å². The zero-order valence-corrected chi connectivity index (χ0v) is 18.1. The zero-order chi connectivity index (χ0) is 20.5. The second kappa shape index (κ2) is 11.2. The molecule has 0 nitrogen and oxygen atoms in total. The van der Waals surface area contributed by atoms with E-state index in [9.17, 15) is 4.39 Å². The summed E-state index contributed by atoms with van der Waals surface area (Å²) in [4.78, 5) is 0. The smallest absolute Gasteiger partial charge is 0.139 e. The lowest BCUT2D eigenvalue weighted by molar-refractivity contribution is 0.384. The van der Waals surface area contributed by atoms with E-state index in [1.54, 1.807) is 6.07 Å². The van der Waals surface area contributed by atoms with Gasteiger partial charge < -0.3 is 0 Å². The van der Waals surface area contributed by atoms with E-state index >= 15 is 0 Å². The molecule has 2 aromatic carbocycles. The molecule has 0 bridgehead atoms. The van der Waals surface area contributed by atoms with Gasteiger partial charge in [0.25, 0.3) is 0 Å². The third kappa shape index (κ3) is 6.46. The molecule has 1 fully saturated rings. The van der Waals surface area contributed by atoms with E-state index in [0.29, 0.717) is 17.4 Å². The Labute approximate surface area is 176 Å². The summed E-state index contributed by atoms with van der Waals surface area (Å²) in [6.45, 7) is 4.42. The lowest BCUT2D eigenvalue weighted by Crippen LogP contribution is -2.12. The summed E-state index contributed by atoms with van der Waals surface area (Å²) >= 11 is 0. The SMILES string of the molecule is CCCCCc1ccc(C#CC2CCC(c3ccc(CCC)cc3)CC2)c(F)c1. The van der Waals surface area contributed by atoms with Crippen LogP contribution in [0.5, 0.6) is 0 Å². The number of aryl methyl sites for hydroxylation is 2. The molecule has 154 valence electrons. The van der Waals surface area contributed by atoms with Crippen molar-refractivity contribution in [3.8, 4) is 11.8 Å². The number of hydrogen-bond donors (Lipinski definition) is 0. The third-order valence-electron chi connectivity index (χ3n) is 6.23. The van der Waals surface area contributed by atoms with E-state index in [1.165, 1.54) is 49.7 Å². The van der Waals surface area contributed by atoms with Crippen LogP contribution in [-0.4, -0.2) is 0 Å². The second-order valence-electron chi connectivity index (χ2n) is 8.58. The first kappa shape index (κ1) is 21.6. The van der Waals surface area contributed by atoms with Gasteiger partial charge in [-0.05, 0) is 79.7 Å². The van der Waals surface area contributed by atoms with Gasteiger partial charge in [0.15, 0.2) is 0 Å². The van der Waals surface area contributed by atoms with Crippen LogP contribution in [0.3, 0.4) is 0 Å². The molecule has 3 rings (SSSR count). The number of rotatable bonds is 7. The van der Waals surface area contributed by atoms with Crippen molar-refractivity contribution in [2.75, 3.05) is 0 Å². The largest absolute Gasteiger partial charge is 0.206 e. The molecule has 0 aliphatic heterocycles. The summed E-state index contributed by atoms with van der Waals surface area (Å²) in [5.41, 5.74) is 4.56. The Balaban J connectivity index is 1.52. The highest BCUT2D eigenvalue weighted by Gasteiger charge is 2.21. The van der Waals surface area contributed by atoms with Crippen LogP contribution in [0.1, 0.15) is 93.4 Å². The van der Waals surface area contributed by atoms with Crippen molar-refractivity contribution in [1.29, 1.82) is 0 Å². The van der Waals surface area contributed by atoms with E-state index in [2.05, 4.69) is 50.0 Å².